The van der Waals surface area contributed by atoms with Crippen LogP contribution >= 0.6 is 11.8 Å². The van der Waals surface area contributed by atoms with Crippen LogP contribution in [0.5, 0.6) is 0 Å². The Hall–Kier alpha value is -1.53. The summed E-state index contributed by atoms with van der Waals surface area (Å²) < 4.78 is 11.5. The molecule has 30 heavy (non-hydrogen) atoms. The number of amides is 1. The molecule has 2 aliphatic rings. The minimum absolute atomic E-state index is 0.178. The van der Waals surface area contributed by atoms with Crippen LogP contribution in [0.25, 0.3) is 0 Å². The Kier molecular flexibility index (Phi) is 7.86. The standard InChI is InChI=1S/C24H35NO4S/c1-17(26)16-30-21-7-5-18(6-8-21)14-28-15-20-13-22(20)19-9-11-25(12-10-19)23(27)29-24(2,3)4/h5-8,19-20,22H,9-16H2,1-4H3. The highest BCUT2D eigenvalue weighted by Crippen LogP contribution is 2.48. The van der Waals surface area contributed by atoms with Crippen molar-refractivity contribution in [2.45, 2.75) is 64.1 Å². The Morgan fingerprint density at radius 1 is 1.13 bits per heavy atom. The third-order valence-electron chi connectivity index (χ3n) is 5.74. The van der Waals surface area contributed by atoms with E-state index in [1.165, 1.54) is 12.0 Å². The molecule has 1 amide bonds. The van der Waals surface area contributed by atoms with Crippen LogP contribution in [-0.4, -0.2) is 47.8 Å². The fourth-order valence-electron chi connectivity index (χ4n) is 4.07. The average Bonchev–Trinajstić information content (AvgIpc) is 3.46. The van der Waals surface area contributed by atoms with Crippen molar-refractivity contribution in [1.82, 2.24) is 4.90 Å². The van der Waals surface area contributed by atoms with E-state index in [-0.39, 0.29) is 11.9 Å². The van der Waals surface area contributed by atoms with Gasteiger partial charge in [-0.1, -0.05) is 12.1 Å². The van der Waals surface area contributed by atoms with Gasteiger partial charge in [-0.25, -0.2) is 4.79 Å². The summed E-state index contributed by atoms with van der Waals surface area (Å²) in [5.74, 6) is 2.83. The second-order valence-electron chi connectivity index (χ2n) is 9.61. The number of rotatable bonds is 8. The maximum absolute atomic E-state index is 12.2. The monoisotopic (exact) mass is 433 g/mol. The summed E-state index contributed by atoms with van der Waals surface area (Å²) >= 11 is 1.57. The molecule has 1 saturated heterocycles. The van der Waals surface area contributed by atoms with E-state index in [1.807, 2.05) is 25.7 Å². The lowest BCUT2D eigenvalue weighted by Crippen LogP contribution is -2.42. The molecule has 1 aliphatic heterocycles. The van der Waals surface area contributed by atoms with E-state index in [1.54, 1.807) is 18.7 Å². The van der Waals surface area contributed by atoms with Crippen molar-refractivity contribution in [3.8, 4) is 0 Å². The number of hydrogen-bond acceptors (Lipinski definition) is 5. The Bertz CT molecular complexity index is 720. The van der Waals surface area contributed by atoms with Gasteiger partial charge in [-0.3, -0.25) is 4.79 Å². The van der Waals surface area contributed by atoms with Crippen LogP contribution in [0.2, 0.25) is 0 Å². The van der Waals surface area contributed by atoms with Gasteiger partial charge in [-0.15, -0.1) is 11.8 Å². The molecule has 0 N–H and O–H groups in total. The van der Waals surface area contributed by atoms with Gasteiger partial charge in [0.15, 0.2) is 0 Å². The number of Topliss-reactive ketones (excluding diaryl/α,β-unsaturated/α-hetero) is 1. The number of likely N-dealkylation sites (tertiary alicyclic amines) is 1. The van der Waals surface area contributed by atoms with Crippen LogP contribution in [0.4, 0.5) is 4.79 Å². The third-order valence-corrected chi connectivity index (χ3v) is 6.90. The van der Waals surface area contributed by atoms with E-state index in [2.05, 4.69) is 24.3 Å². The maximum Gasteiger partial charge on any atom is 0.410 e. The number of hydrogen-bond donors (Lipinski definition) is 0. The summed E-state index contributed by atoms with van der Waals surface area (Å²) in [4.78, 5) is 26.2. The number of benzene rings is 1. The molecule has 1 aliphatic carbocycles. The number of piperidine rings is 1. The molecule has 0 spiro atoms. The lowest BCUT2D eigenvalue weighted by molar-refractivity contribution is -0.114. The van der Waals surface area contributed by atoms with E-state index < -0.39 is 5.60 Å². The molecule has 2 fully saturated rings. The quantitative estimate of drug-likeness (QED) is 0.530. The molecule has 1 aromatic carbocycles. The van der Waals surface area contributed by atoms with Crippen LogP contribution in [-0.2, 0) is 20.9 Å². The number of ether oxygens (including phenoxy) is 2. The highest BCUT2D eigenvalue weighted by atomic mass is 32.2. The van der Waals surface area contributed by atoms with Gasteiger partial charge >= 0.3 is 6.09 Å². The first-order valence-corrected chi connectivity index (χ1v) is 12.0. The minimum Gasteiger partial charge on any atom is -0.444 e. The predicted molar refractivity (Wildman–Crippen MR) is 120 cm³/mol. The molecule has 2 unspecified atom stereocenters. The van der Waals surface area contributed by atoms with Gasteiger partial charge in [0.1, 0.15) is 11.4 Å². The van der Waals surface area contributed by atoms with Crippen LogP contribution in [0, 0.1) is 17.8 Å². The molecule has 2 atom stereocenters. The smallest absolute Gasteiger partial charge is 0.410 e. The van der Waals surface area contributed by atoms with Crippen LogP contribution in [0.15, 0.2) is 29.2 Å². The van der Waals surface area contributed by atoms with Gasteiger partial charge in [0, 0.05) is 18.0 Å². The molecule has 0 radical (unpaired) electrons. The molecule has 3 rings (SSSR count). The summed E-state index contributed by atoms with van der Waals surface area (Å²) in [6, 6.07) is 8.29. The zero-order valence-electron chi connectivity index (χ0n) is 18.7. The fraction of sp³-hybridized carbons (Fsp3) is 0.667. The van der Waals surface area contributed by atoms with Gasteiger partial charge in [-0.05, 0) is 82.4 Å². The number of carbonyl (C=O) groups is 2. The molecule has 1 heterocycles. The molecule has 166 valence electrons. The van der Waals surface area contributed by atoms with E-state index in [9.17, 15) is 9.59 Å². The van der Waals surface area contributed by atoms with Crippen LogP contribution in [0.3, 0.4) is 0 Å². The van der Waals surface area contributed by atoms with Crippen molar-refractivity contribution >= 4 is 23.6 Å². The van der Waals surface area contributed by atoms with Gasteiger partial charge < -0.3 is 14.4 Å². The predicted octanol–water partition coefficient (Wildman–Crippen LogP) is 5.17. The van der Waals surface area contributed by atoms with Crippen molar-refractivity contribution in [2.75, 3.05) is 25.4 Å². The van der Waals surface area contributed by atoms with Crippen LogP contribution in [0.1, 0.15) is 52.5 Å². The molecular formula is C24H35NO4S. The SMILES string of the molecule is CC(=O)CSc1ccc(COCC2CC2C2CCN(C(=O)OC(C)(C)C)CC2)cc1. The Morgan fingerprint density at radius 3 is 2.40 bits per heavy atom. The van der Waals surface area contributed by atoms with E-state index >= 15 is 0 Å². The third kappa shape index (κ3) is 7.31. The van der Waals surface area contributed by atoms with E-state index in [0.717, 1.165) is 43.4 Å². The normalized spacial score (nSPS) is 22.1. The maximum atomic E-state index is 12.2. The lowest BCUT2D eigenvalue weighted by Gasteiger charge is -2.33. The summed E-state index contributed by atoms with van der Waals surface area (Å²) in [6.45, 7) is 10.4. The Morgan fingerprint density at radius 2 is 1.80 bits per heavy atom. The Labute approximate surface area is 184 Å². The van der Waals surface area contributed by atoms with Gasteiger partial charge in [0.2, 0.25) is 0 Å². The van der Waals surface area contributed by atoms with Gasteiger partial charge in [0.25, 0.3) is 0 Å². The Balaban J connectivity index is 1.31. The highest BCUT2D eigenvalue weighted by Gasteiger charge is 2.44. The molecule has 0 bridgehead atoms. The largest absolute Gasteiger partial charge is 0.444 e. The summed E-state index contributed by atoms with van der Waals surface area (Å²) in [7, 11) is 0. The number of thioether (sulfide) groups is 1. The van der Waals surface area contributed by atoms with Gasteiger partial charge in [-0.2, -0.15) is 0 Å². The lowest BCUT2D eigenvalue weighted by atomic mass is 9.91. The van der Waals surface area contributed by atoms with Crippen molar-refractivity contribution < 1.29 is 19.1 Å². The number of carbonyl (C=O) groups excluding carboxylic acids is 2. The number of ketones is 1. The minimum atomic E-state index is -0.430. The zero-order valence-corrected chi connectivity index (χ0v) is 19.5. The van der Waals surface area contributed by atoms with Crippen molar-refractivity contribution in [3.63, 3.8) is 0 Å². The zero-order chi connectivity index (χ0) is 21.7. The van der Waals surface area contributed by atoms with Gasteiger partial charge in [0.05, 0.1) is 19.0 Å². The molecule has 6 heteroatoms. The van der Waals surface area contributed by atoms with Crippen molar-refractivity contribution in [3.05, 3.63) is 29.8 Å². The summed E-state index contributed by atoms with van der Waals surface area (Å²) in [5, 5.41) is 0. The molecule has 0 aromatic heterocycles. The highest BCUT2D eigenvalue weighted by molar-refractivity contribution is 8.00. The first kappa shape index (κ1) is 23.1. The summed E-state index contributed by atoms with van der Waals surface area (Å²) in [6.07, 6.45) is 3.21. The van der Waals surface area contributed by atoms with Crippen molar-refractivity contribution in [2.24, 2.45) is 17.8 Å². The molecular weight excluding hydrogens is 398 g/mol. The second kappa shape index (κ2) is 10.2. The molecule has 5 nitrogen and oxygen atoms in total. The van der Waals surface area contributed by atoms with Crippen molar-refractivity contribution in [1.29, 1.82) is 0 Å². The molecule has 1 saturated carbocycles. The number of nitrogens with zero attached hydrogens (tertiary/aromatic N) is 1. The van der Waals surface area contributed by atoms with E-state index in [4.69, 9.17) is 9.47 Å². The first-order chi connectivity index (χ1) is 14.2. The summed E-state index contributed by atoms with van der Waals surface area (Å²) in [5.41, 5.74) is 0.741. The molecule has 1 aromatic rings. The van der Waals surface area contributed by atoms with E-state index in [0.29, 0.717) is 24.2 Å². The average molecular weight is 434 g/mol. The fourth-order valence-corrected chi connectivity index (χ4v) is 4.77. The second-order valence-corrected chi connectivity index (χ2v) is 10.7. The van der Waals surface area contributed by atoms with Crippen LogP contribution < -0.4 is 0 Å². The topological polar surface area (TPSA) is 55.8 Å². The first-order valence-electron chi connectivity index (χ1n) is 11.0.